The van der Waals surface area contributed by atoms with Gasteiger partial charge in [-0.3, -0.25) is 0 Å². The third-order valence-corrected chi connectivity index (χ3v) is 3.30. The Labute approximate surface area is 100 Å². The molecular formula is C14H15FN2. The molecular weight excluding hydrogens is 215 g/mol. The zero-order chi connectivity index (χ0) is 11.7. The van der Waals surface area contributed by atoms with Crippen molar-refractivity contribution < 1.29 is 4.39 Å². The first kappa shape index (κ1) is 10.5. The molecule has 2 aliphatic rings. The molecule has 0 atom stereocenters. The maximum atomic E-state index is 13.8. The van der Waals surface area contributed by atoms with Crippen molar-refractivity contribution in [2.75, 3.05) is 24.5 Å². The van der Waals surface area contributed by atoms with E-state index in [0.717, 1.165) is 26.1 Å². The van der Waals surface area contributed by atoms with Gasteiger partial charge in [0.2, 0.25) is 0 Å². The van der Waals surface area contributed by atoms with Crippen LogP contribution in [0.3, 0.4) is 0 Å². The van der Waals surface area contributed by atoms with E-state index in [9.17, 15) is 4.39 Å². The predicted octanol–water partition coefficient (Wildman–Crippen LogP) is 2.45. The van der Waals surface area contributed by atoms with E-state index in [0.29, 0.717) is 5.69 Å². The molecule has 0 saturated heterocycles. The summed E-state index contributed by atoms with van der Waals surface area (Å²) < 4.78 is 13.8. The number of rotatable bonds is 1. The molecule has 17 heavy (non-hydrogen) atoms. The molecule has 0 bridgehead atoms. The van der Waals surface area contributed by atoms with Crippen molar-refractivity contribution in [3.63, 3.8) is 0 Å². The second-order valence-electron chi connectivity index (χ2n) is 4.36. The van der Waals surface area contributed by atoms with Crippen molar-refractivity contribution in [3.05, 3.63) is 53.5 Å². The first-order valence-electron chi connectivity index (χ1n) is 5.97. The van der Waals surface area contributed by atoms with Crippen LogP contribution in [0.5, 0.6) is 0 Å². The van der Waals surface area contributed by atoms with Crippen molar-refractivity contribution >= 4 is 5.69 Å². The van der Waals surface area contributed by atoms with Crippen LogP contribution in [0.1, 0.15) is 6.42 Å². The molecule has 0 amide bonds. The average molecular weight is 230 g/mol. The van der Waals surface area contributed by atoms with Crippen LogP contribution in [0, 0.1) is 5.82 Å². The van der Waals surface area contributed by atoms with Crippen LogP contribution in [0.15, 0.2) is 47.7 Å². The number of hydrogen-bond acceptors (Lipinski definition) is 2. The third-order valence-electron chi connectivity index (χ3n) is 3.30. The van der Waals surface area contributed by atoms with E-state index in [1.54, 1.807) is 6.07 Å². The van der Waals surface area contributed by atoms with Gasteiger partial charge >= 0.3 is 0 Å². The summed E-state index contributed by atoms with van der Waals surface area (Å²) in [7, 11) is 0. The summed E-state index contributed by atoms with van der Waals surface area (Å²) in [6, 6.07) is 6.99. The van der Waals surface area contributed by atoms with Crippen LogP contribution in [0.2, 0.25) is 0 Å². The zero-order valence-corrected chi connectivity index (χ0v) is 9.62. The Kier molecular flexibility index (Phi) is 2.69. The fourth-order valence-corrected chi connectivity index (χ4v) is 2.48. The second kappa shape index (κ2) is 4.34. The molecule has 1 aromatic rings. The second-order valence-corrected chi connectivity index (χ2v) is 4.36. The van der Waals surface area contributed by atoms with Gasteiger partial charge in [-0.05, 0) is 17.7 Å². The highest BCUT2D eigenvalue weighted by molar-refractivity contribution is 5.58. The molecule has 2 heterocycles. The fourth-order valence-electron chi connectivity index (χ4n) is 2.48. The lowest BCUT2D eigenvalue weighted by Crippen LogP contribution is -2.35. The number of nitrogens with zero attached hydrogens (tertiary/aromatic N) is 1. The normalized spacial score (nSPS) is 19.5. The van der Waals surface area contributed by atoms with Gasteiger partial charge in [0.25, 0.3) is 0 Å². The summed E-state index contributed by atoms with van der Waals surface area (Å²) >= 11 is 0. The average Bonchev–Trinajstić information content (AvgIpc) is 2.39. The maximum absolute atomic E-state index is 13.8. The van der Waals surface area contributed by atoms with Gasteiger partial charge in [0.15, 0.2) is 0 Å². The molecule has 0 radical (unpaired) electrons. The highest BCUT2D eigenvalue weighted by Crippen LogP contribution is 2.29. The molecule has 3 heteroatoms. The Morgan fingerprint density at radius 1 is 1.24 bits per heavy atom. The molecule has 0 fully saturated rings. The molecule has 0 aromatic heterocycles. The zero-order valence-electron chi connectivity index (χ0n) is 9.62. The smallest absolute Gasteiger partial charge is 0.146 e. The Hall–Kier alpha value is -1.61. The van der Waals surface area contributed by atoms with Gasteiger partial charge < -0.3 is 10.2 Å². The Morgan fingerprint density at radius 3 is 3.00 bits per heavy atom. The molecule has 1 N–H and O–H groups in total. The molecule has 0 spiro atoms. The lowest BCUT2D eigenvalue weighted by Gasteiger charge is -2.34. The van der Waals surface area contributed by atoms with Gasteiger partial charge in [-0.1, -0.05) is 24.3 Å². The predicted molar refractivity (Wildman–Crippen MR) is 67.4 cm³/mol. The number of hydrogen-bond donors (Lipinski definition) is 1. The van der Waals surface area contributed by atoms with Gasteiger partial charge in [-0.15, -0.1) is 0 Å². The first-order chi connectivity index (χ1) is 8.36. The van der Waals surface area contributed by atoms with Gasteiger partial charge in [0.05, 0.1) is 5.69 Å². The van der Waals surface area contributed by atoms with Gasteiger partial charge in [-0.2, -0.15) is 0 Å². The van der Waals surface area contributed by atoms with E-state index in [2.05, 4.69) is 22.4 Å². The lowest BCUT2D eigenvalue weighted by molar-refractivity contribution is 0.615. The Balaban J connectivity index is 2.02. The van der Waals surface area contributed by atoms with Crippen LogP contribution in [-0.2, 0) is 0 Å². The van der Waals surface area contributed by atoms with Crippen LogP contribution >= 0.6 is 0 Å². The molecule has 0 saturated carbocycles. The number of nitrogens with one attached hydrogen (secondary N) is 1. The minimum absolute atomic E-state index is 0.145. The summed E-state index contributed by atoms with van der Waals surface area (Å²) in [6.07, 6.45) is 5.21. The van der Waals surface area contributed by atoms with Crippen LogP contribution in [0.4, 0.5) is 10.1 Å². The van der Waals surface area contributed by atoms with Crippen molar-refractivity contribution in [2.24, 2.45) is 0 Å². The van der Waals surface area contributed by atoms with E-state index in [1.165, 1.54) is 17.3 Å². The largest absolute Gasteiger partial charge is 0.339 e. The van der Waals surface area contributed by atoms with Gasteiger partial charge in [-0.25, -0.2) is 4.39 Å². The molecule has 0 aliphatic carbocycles. The highest BCUT2D eigenvalue weighted by Gasteiger charge is 2.21. The summed E-state index contributed by atoms with van der Waals surface area (Å²) in [4.78, 5) is 2.09. The summed E-state index contributed by atoms with van der Waals surface area (Å²) in [6.45, 7) is 2.62. The quantitative estimate of drug-likeness (QED) is 0.797. The summed E-state index contributed by atoms with van der Waals surface area (Å²) in [5, 5.41) is 3.34. The lowest BCUT2D eigenvalue weighted by atomic mass is 10.0. The molecule has 1 aromatic carbocycles. The van der Waals surface area contributed by atoms with E-state index in [1.807, 2.05) is 12.1 Å². The monoisotopic (exact) mass is 230 g/mol. The number of para-hydroxylation sites is 1. The van der Waals surface area contributed by atoms with Crippen molar-refractivity contribution in [3.8, 4) is 0 Å². The SMILES string of the molecule is Fc1ccccc1N1CC=CC2=C1CCNC2. The van der Waals surface area contributed by atoms with Gasteiger partial charge in [0, 0.05) is 31.8 Å². The third kappa shape index (κ3) is 1.87. The Morgan fingerprint density at radius 2 is 2.12 bits per heavy atom. The van der Waals surface area contributed by atoms with E-state index >= 15 is 0 Å². The minimum atomic E-state index is -0.145. The van der Waals surface area contributed by atoms with Crippen LogP contribution in [0.25, 0.3) is 0 Å². The number of benzene rings is 1. The maximum Gasteiger partial charge on any atom is 0.146 e. The molecule has 88 valence electrons. The van der Waals surface area contributed by atoms with Crippen LogP contribution in [-0.4, -0.2) is 19.6 Å². The topological polar surface area (TPSA) is 15.3 Å². The standard InChI is InChI=1S/C14H15FN2/c15-12-5-1-2-6-14(12)17-9-3-4-11-10-16-8-7-13(11)17/h1-6,16H,7-10H2. The highest BCUT2D eigenvalue weighted by atomic mass is 19.1. The Bertz CT molecular complexity index is 491. The van der Waals surface area contributed by atoms with Crippen molar-refractivity contribution in [1.29, 1.82) is 0 Å². The first-order valence-corrected chi connectivity index (χ1v) is 5.97. The number of halogens is 1. The molecule has 2 aliphatic heterocycles. The van der Waals surface area contributed by atoms with Gasteiger partial charge in [0.1, 0.15) is 5.82 Å². The molecule has 0 unspecified atom stereocenters. The van der Waals surface area contributed by atoms with E-state index in [4.69, 9.17) is 0 Å². The minimum Gasteiger partial charge on any atom is -0.339 e. The fraction of sp³-hybridized carbons (Fsp3) is 0.286. The van der Waals surface area contributed by atoms with E-state index < -0.39 is 0 Å². The summed E-state index contributed by atoms with van der Waals surface area (Å²) in [5.41, 5.74) is 3.23. The van der Waals surface area contributed by atoms with Crippen molar-refractivity contribution in [2.45, 2.75) is 6.42 Å². The molecule has 3 rings (SSSR count). The van der Waals surface area contributed by atoms with E-state index in [-0.39, 0.29) is 5.82 Å². The summed E-state index contributed by atoms with van der Waals surface area (Å²) in [5.74, 6) is -0.145. The number of anilines is 1. The molecule has 2 nitrogen and oxygen atoms in total. The van der Waals surface area contributed by atoms with Crippen LogP contribution < -0.4 is 10.2 Å². The van der Waals surface area contributed by atoms with Crippen molar-refractivity contribution in [1.82, 2.24) is 5.32 Å².